The van der Waals surface area contributed by atoms with Crippen molar-refractivity contribution in [3.05, 3.63) is 199 Å². The molecule has 7 aromatic rings. The van der Waals surface area contributed by atoms with Crippen LogP contribution in [0.3, 0.4) is 0 Å². The van der Waals surface area contributed by atoms with Gasteiger partial charge in [-0.05, 0) is 210 Å². The molecule has 1 atom stereocenters. The predicted molar refractivity (Wildman–Crippen MR) is 448 cm³/mol. The van der Waals surface area contributed by atoms with Crippen LogP contribution in [-0.4, -0.2) is 131 Å². The van der Waals surface area contributed by atoms with Crippen LogP contribution < -0.4 is 47.9 Å². The van der Waals surface area contributed by atoms with Crippen LogP contribution in [0.1, 0.15) is 226 Å². The Balaban J connectivity index is 0.543. The Bertz CT molecular complexity index is 4210. The number of rotatable bonds is 50. The molecule has 1 aliphatic rings. The second kappa shape index (κ2) is 49.1. The number of anilines is 1. The van der Waals surface area contributed by atoms with Crippen LogP contribution in [0.2, 0.25) is 15.1 Å². The molecular formula is C88H113Cl3N12O10. The van der Waals surface area contributed by atoms with Crippen LogP contribution in [-0.2, 0) is 61.1 Å². The molecule has 8 rings (SSSR count). The van der Waals surface area contributed by atoms with Gasteiger partial charge < -0.3 is 53.0 Å². The van der Waals surface area contributed by atoms with Crippen LogP contribution in [0, 0.1) is 6.92 Å². The Morgan fingerprint density at radius 3 is 1.42 bits per heavy atom. The van der Waals surface area contributed by atoms with Crippen molar-refractivity contribution in [1.82, 2.24) is 57.2 Å². The molecule has 1 unspecified atom stereocenters. The minimum Gasteiger partial charge on any atom is -0.508 e. The van der Waals surface area contributed by atoms with Crippen molar-refractivity contribution >= 4 is 93.7 Å². The van der Waals surface area contributed by atoms with Gasteiger partial charge in [0.1, 0.15) is 5.75 Å². The Kier molecular flexibility index (Phi) is 38.7. The Morgan fingerprint density at radius 2 is 0.920 bits per heavy atom. The highest BCUT2D eigenvalue weighted by Gasteiger charge is 2.27. The van der Waals surface area contributed by atoms with Crippen LogP contribution in [0.5, 0.6) is 5.75 Å². The fourth-order valence-corrected chi connectivity index (χ4v) is 14.3. The van der Waals surface area contributed by atoms with E-state index in [1.165, 1.54) is 11.1 Å². The van der Waals surface area contributed by atoms with Gasteiger partial charge in [-0.15, -0.1) is 0 Å². The summed E-state index contributed by atoms with van der Waals surface area (Å²) in [7, 11) is 0. The van der Waals surface area contributed by atoms with Crippen LogP contribution >= 0.6 is 34.8 Å². The van der Waals surface area contributed by atoms with E-state index >= 15 is 0 Å². The van der Waals surface area contributed by atoms with E-state index in [0.717, 1.165) is 144 Å². The third-order valence-electron chi connectivity index (χ3n) is 20.2. The molecule has 1 aliphatic carbocycles. The second-order valence-electron chi connectivity index (χ2n) is 29.1. The summed E-state index contributed by atoms with van der Waals surface area (Å²) in [5.74, 6) is -0.814. The van der Waals surface area contributed by atoms with Gasteiger partial charge in [-0.1, -0.05) is 141 Å². The largest absolute Gasteiger partial charge is 0.508 e. The molecule has 9 amide bonds. The summed E-state index contributed by atoms with van der Waals surface area (Å²) in [5.41, 5.74) is 10.1. The fraction of sp³-hybridized carbons (Fsp3) is 0.455. The molecule has 1 heterocycles. The zero-order chi connectivity index (χ0) is 80.5. The minimum atomic E-state index is -0.283. The number of aromatic nitrogens is 2. The summed E-state index contributed by atoms with van der Waals surface area (Å²) < 4.78 is 1.66. The maximum Gasteiger partial charge on any atom is 0.272 e. The van der Waals surface area contributed by atoms with E-state index in [0.29, 0.717) is 171 Å². The summed E-state index contributed by atoms with van der Waals surface area (Å²) in [4.78, 5) is 117. The number of carbonyl (C=O) groups excluding carboxylic acids is 9. The molecule has 0 saturated carbocycles. The van der Waals surface area contributed by atoms with Gasteiger partial charge in [0.05, 0.1) is 16.4 Å². The molecule has 0 radical (unpaired) electrons. The number of carbonyl (C=O) groups is 9. The fourth-order valence-electron chi connectivity index (χ4n) is 13.7. The van der Waals surface area contributed by atoms with Gasteiger partial charge in [0, 0.05) is 141 Å². The molecule has 113 heavy (non-hydrogen) atoms. The van der Waals surface area contributed by atoms with Gasteiger partial charge in [-0.3, -0.25) is 48.1 Å². The number of aromatic hydroxyl groups is 1. The quantitative estimate of drug-likeness (QED) is 0.0159. The van der Waals surface area contributed by atoms with Crippen molar-refractivity contribution in [3.63, 3.8) is 0 Å². The highest BCUT2D eigenvalue weighted by molar-refractivity contribution is 6.35. The molecule has 0 bridgehead atoms. The van der Waals surface area contributed by atoms with Crippen LogP contribution in [0.25, 0.3) is 16.9 Å². The highest BCUT2D eigenvalue weighted by Crippen LogP contribution is 2.35. The van der Waals surface area contributed by atoms with Crippen molar-refractivity contribution in [3.8, 4) is 22.7 Å². The lowest BCUT2D eigenvalue weighted by Crippen LogP contribution is -2.41. The first-order valence-electron chi connectivity index (χ1n) is 40.4. The zero-order valence-electron chi connectivity index (χ0n) is 65.5. The van der Waals surface area contributed by atoms with Gasteiger partial charge in [-0.25, -0.2) is 4.68 Å². The summed E-state index contributed by atoms with van der Waals surface area (Å²) in [6.45, 7) is 9.75. The molecular weight excluding hydrogens is 1490 g/mol. The molecule has 22 nitrogen and oxygen atoms in total. The van der Waals surface area contributed by atoms with E-state index in [2.05, 4.69) is 65.7 Å². The first-order chi connectivity index (χ1) is 54.8. The Labute approximate surface area is 680 Å². The Morgan fingerprint density at radius 1 is 0.469 bits per heavy atom. The maximum absolute atomic E-state index is 13.4. The van der Waals surface area contributed by atoms with Gasteiger partial charge in [-0.2, -0.15) is 5.10 Å². The lowest BCUT2D eigenvalue weighted by molar-refractivity contribution is -0.124. The van der Waals surface area contributed by atoms with Gasteiger partial charge in [0.15, 0.2) is 5.69 Å². The van der Waals surface area contributed by atoms with Gasteiger partial charge >= 0.3 is 0 Å². The summed E-state index contributed by atoms with van der Waals surface area (Å²) in [5, 5.41) is 43.0. The molecule has 0 aliphatic heterocycles. The van der Waals surface area contributed by atoms with Crippen molar-refractivity contribution in [2.45, 2.75) is 206 Å². The number of halogens is 3. The number of hydrogen-bond donors (Lipinski definition) is 10. The average Bonchev–Trinajstić information content (AvgIpc) is 1.62. The number of fused-ring (bicyclic) bond motifs is 1. The summed E-state index contributed by atoms with van der Waals surface area (Å²) in [6, 6.07) is 40.9. The van der Waals surface area contributed by atoms with Crippen molar-refractivity contribution < 1.29 is 48.3 Å². The van der Waals surface area contributed by atoms with Gasteiger partial charge in [0.25, 0.3) is 17.7 Å². The molecule has 10 N–H and O–H groups in total. The standard InChI is InChI=1S/C88H113Cl3N12O10/c1-3-56-102(73-44-45-74-69(58-73)21-20-22-77(74)104)57-49-63-31-42-72(43-32-63)100-83(110)48-47-82(109)94-52-17-7-13-26-81(108)99-61-65-29-35-68(36-30-65)87(112)96-54-19-9-11-24-79(106)93-51-16-6-12-25-80(107)98-60-64-27-33-67(34-28-64)86(111)95-53-18-8-10-23-78(105)92-50-14-4-5-15-55-97-88(113)84-62(2)85(66-37-39-70(89)40-38-66)103(101-84)76-46-41-71(90)59-75(76)91/h20-22,27-43,46,59,73,104H,3-19,23-26,44-45,47-58,60-61H2,1-2H3,(H,92,105)(H,93,106)(H,94,109)(H,95,111)(H,96,112)(H,97,113)(H,98,107)(H,99,108)(H,100,110). The van der Waals surface area contributed by atoms with Crippen molar-refractivity contribution in [2.24, 2.45) is 0 Å². The zero-order valence-corrected chi connectivity index (χ0v) is 67.8. The monoisotopic (exact) mass is 1600 g/mol. The number of nitrogens with one attached hydrogen (secondary N) is 9. The normalized spacial score (nSPS) is 12.3. The number of phenols is 1. The number of unbranched alkanes of at least 4 members (excludes halogenated alkanes) is 11. The smallest absolute Gasteiger partial charge is 0.272 e. The lowest BCUT2D eigenvalue weighted by atomic mass is 9.86. The van der Waals surface area contributed by atoms with E-state index in [1.54, 1.807) is 65.3 Å². The minimum absolute atomic E-state index is 0.00432. The molecule has 1 aromatic heterocycles. The number of benzene rings is 6. The topological polar surface area (TPSA) is 303 Å². The summed E-state index contributed by atoms with van der Waals surface area (Å²) in [6.07, 6.45) is 18.8. The maximum atomic E-state index is 13.4. The molecule has 25 heteroatoms. The van der Waals surface area contributed by atoms with E-state index in [1.807, 2.05) is 73.7 Å². The van der Waals surface area contributed by atoms with E-state index in [4.69, 9.17) is 39.9 Å². The third kappa shape index (κ3) is 31.7. The molecule has 606 valence electrons. The lowest BCUT2D eigenvalue weighted by Gasteiger charge is -2.35. The molecule has 6 aromatic carbocycles. The van der Waals surface area contributed by atoms with Crippen LogP contribution in [0.4, 0.5) is 5.69 Å². The number of amides is 9. The second-order valence-corrected chi connectivity index (χ2v) is 30.4. The SMILES string of the molecule is CCCN(CCc1ccc(NC(=O)CCC(=O)NCCCCCC(=O)NCc2ccc(C(=O)NCCCCCC(=O)NCCCCCC(=O)NCc3ccc(C(=O)NCCCCCC(=O)NCCCCCCNC(=O)c4nn(-c5ccc(Cl)cc5Cl)c(-c5ccc(Cl)cc5)c4C)cc3)cc2)cc1)C1CCc2c(O)cccc2C1. The van der Waals surface area contributed by atoms with E-state index in [9.17, 15) is 48.3 Å². The molecule has 0 saturated heterocycles. The third-order valence-corrected chi connectivity index (χ3v) is 21.0. The van der Waals surface area contributed by atoms with Gasteiger partial charge in [0.2, 0.25) is 35.4 Å². The van der Waals surface area contributed by atoms with E-state index in [-0.39, 0.29) is 66.0 Å². The number of hydrogen-bond acceptors (Lipinski definition) is 12. The predicted octanol–water partition coefficient (Wildman–Crippen LogP) is 14.7. The van der Waals surface area contributed by atoms with Crippen molar-refractivity contribution in [1.29, 1.82) is 0 Å². The summed E-state index contributed by atoms with van der Waals surface area (Å²) >= 11 is 18.9. The highest BCUT2D eigenvalue weighted by atomic mass is 35.5. The number of phenolic OH excluding ortho intramolecular Hbond substituents is 1. The van der Waals surface area contributed by atoms with Crippen molar-refractivity contribution in [2.75, 3.05) is 57.7 Å². The Hall–Kier alpha value is -9.61. The first-order valence-corrected chi connectivity index (χ1v) is 41.5. The molecule has 0 fully saturated rings. The molecule has 0 spiro atoms. The number of nitrogens with zero attached hydrogens (tertiary/aromatic N) is 3. The first kappa shape index (κ1) is 88.9. The van der Waals surface area contributed by atoms with E-state index < -0.39 is 0 Å². The van der Waals surface area contributed by atoms with Crippen LogP contribution in [0.15, 0.2) is 133 Å². The average molecular weight is 1610 g/mol.